The fourth-order valence-corrected chi connectivity index (χ4v) is 1.57. The predicted molar refractivity (Wildman–Crippen MR) is 68.1 cm³/mol. The van der Waals surface area contributed by atoms with Crippen molar-refractivity contribution in [2.45, 2.75) is 0 Å². The normalized spacial score (nSPS) is 11.5. The minimum atomic E-state index is -1.30. The third-order valence-corrected chi connectivity index (χ3v) is 2.55. The first-order valence-corrected chi connectivity index (χ1v) is 5.49. The Bertz CT molecular complexity index is 504. The lowest BCUT2D eigenvalue weighted by molar-refractivity contribution is -0.133. The maximum absolute atomic E-state index is 12.1. The molecule has 0 radical (unpaired) electrons. The lowest BCUT2D eigenvalue weighted by Gasteiger charge is -2.09. The molecule has 19 heavy (non-hydrogen) atoms. The van der Waals surface area contributed by atoms with Gasteiger partial charge in [0.1, 0.15) is 11.4 Å². The molecule has 6 heteroatoms. The van der Waals surface area contributed by atoms with Gasteiger partial charge < -0.3 is 20.3 Å². The molecule has 0 aromatic heterocycles. The highest BCUT2D eigenvalue weighted by molar-refractivity contribution is 6.12. The molecule has 1 aromatic rings. The highest BCUT2D eigenvalue weighted by Crippen LogP contribution is 2.16. The van der Waals surface area contributed by atoms with Gasteiger partial charge in [0.25, 0.3) is 0 Å². The molecule has 0 bridgehead atoms. The molecule has 0 unspecified atom stereocenters. The second kappa shape index (κ2) is 6.55. The van der Waals surface area contributed by atoms with Crippen molar-refractivity contribution >= 4 is 11.8 Å². The van der Waals surface area contributed by atoms with Crippen LogP contribution in [0, 0.1) is 0 Å². The fraction of sp³-hybridized carbons (Fsp3) is 0.231. The van der Waals surface area contributed by atoms with Crippen molar-refractivity contribution in [2.24, 2.45) is 0 Å². The van der Waals surface area contributed by atoms with E-state index in [0.717, 1.165) is 0 Å². The molecule has 3 N–H and O–H groups in total. The Labute approximate surface area is 110 Å². The van der Waals surface area contributed by atoms with Crippen molar-refractivity contribution in [3.8, 4) is 5.75 Å². The van der Waals surface area contributed by atoms with Gasteiger partial charge in [0.05, 0.1) is 19.3 Å². The topological polar surface area (TPSA) is 95.9 Å². The number of hydrogen-bond acceptors (Lipinski definition) is 5. The Morgan fingerprint density at radius 3 is 2.21 bits per heavy atom. The molecule has 0 amide bonds. The van der Waals surface area contributed by atoms with Gasteiger partial charge in [-0.3, -0.25) is 4.79 Å². The van der Waals surface area contributed by atoms with Crippen LogP contribution in [-0.4, -0.2) is 42.7 Å². The van der Waals surface area contributed by atoms with Crippen LogP contribution in [0.2, 0.25) is 0 Å². The van der Waals surface area contributed by atoms with E-state index in [2.05, 4.69) is 5.32 Å². The third kappa shape index (κ3) is 3.32. The third-order valence-electron chi connectivity index (χ3n) is 2.55. The highest BCUT2D eigenvalue weighted by atomic mass is 16.5. The molecule has 0 spiro atoms. The summed E-state index contributed by atoms with van der Waals surface area (Å²) in [6.07, 6.45) is 0. The maximum atomic E-state index is 12.1. The first-order chi connectivity index (χ1) is 9.04. The number of Topliss-reactive ketones (excluding diaryl/α,β-unsaturated/α-hetero) is 1. The minimum absolute atomic E-state index is 0.194. The summed E-state index contributed by atoms with van der Waals surface area (Å²) in [5, 5.41) is 20.6. The molecule has 0 atom stereocenters. The van der Waals surface area contributed by atoms with Crippen LogP contribution in [-0.2, 0) is 4.79 Å². The number of methoxy groups -OCH3 is 1. The summed E-state index contributed by atoms with van der Waals surface area (Å²) in [5.41, 5.74) is -0.234. The largest absolute Gasteiger partial charge is 0.497 e. The van der Waals surface area contributed by atoms with Gasteiger partial charge in [-0.15, -0.1) is 0 Å². The molecule has 102 valence electrons. The predicted octanol–water partition coefficient (Wildman–Crippen LogP) is 0.428. The molecule has 6 nitrogen and oxygen atoms in total. The Morgan fingerprint density at radius 1 is 1.26 bits per heavy atom. The van der Waals surface area contributed by atoms with E-state index in [1.54, 1.807) is 12.1 Å². The summed E-state index contributed by atoms with van der Waals surface area (Å²) in [5.74, 6) is -1.26. The number of benzene rings is 1. The highest BCUT2D eigenvalue weighted by Gasteiger charge is 2.20. The van der Waals surface area contributed by atoms with E-state index in [4.69, 9.17) is 9.84 Å². The van der Waals surface area contributed by atoms with Gasteiger partial charge >= 0.3 is 5.97 Å². The number of carbonyl (C=O) groups is 2. The number of carboxylic acids is 1. The lowest BCUT2D eigenvalue weighted by atomic mass is 10.0. The zero-order valence-electron chi connectivity index (χ0n) is 10.6. The van der Waals surface area contributed by atoms with E-state index in [0.29, 0.717) is 5.75 Å². The second-order valence-electron chi connectivity index (χ2n) is 3.62. The Kier molecular flexibility index (Phi) is 5.08. The van der Waals surface area contributed by atoms with Gasteiger partial charge in [-0.25, -0.2) is 4.79 Å². The number of hydrogen-bond donors (Lipinski definition) is 3. The van der Waals surface area contributed by atoms with Crippen LogP contribution in [0.5, 0.6) is 5.75 Å². The lowest BCUT2D eigenvalue weighted by Crippen LogP contribution is -2.23. The number of likely N-dealkylation sites (N-methyl/N-ethyl adjacent to an activating group) is 1. The van der Waals surface area contributed by atoms with E-state index < -0.39 is 18.4 Å². The summed E-state index contributed by atoms with van der Waals surface area (Å²) in [6, 6.07) is 6.18. The monoisotopic (exact) mass is 265 g/mol. The van der Waals surface area contributed by atoms with E-state index in [1.807, 2.05) is 0 Å². The summed E-state index contributed by atoms with van der Waals surface area (Å²) in [6.45, 7) is -0.659. The fourth-order valence-electron chi connectivity index (χ4n) is 1.57. The molecule has 0 aliphatic rings. The molecule has 0 heterocycles. The zero-order chi connectivity index (χ0) is 14.4. The van der Waals surface area contributed by atoms with Crippen LogP contribution in [0.3, 0.4) is 0 Å². The van der Waals surface area contributed by atoms with Crippen molar-refractivity contribution in [1.29, 1.82) is 0 Å². The van der Waals surface area contributed by atoms with Gasteiger partial charge in [0.15, 0.2) is 5.78 Å². The summed E-state index contributed by atoms with van der Waals surface area (Å²) in [4.78, 5) is 23.1. The smallest absolute Gasteiger partial charge is 0.352 e. The first kappa shape index (κ1) is 14.7. The summed E-state index contributed by atoms with van der Waals surface area (Å²) in [7, 11) is 2.87. The standard InChI is InChI=1S/C13H15NO5/c1-14-11(13(17)18)10(7-15)12(16)8-3-5-9(19-2)6-4-8/h3-6,14-15H,7H2,1-2H3,(H,17,18)/b11-10-. The molecule has 0 fully saturated rings. The molecular formula is C13H15NO5. The molecule has 0 aliphatic heterocycles. The SMILES string of the molecule is CN/C(C(=O)O)=C(/CO)C(=O)c1ccc(OC)cc1. The number of ketones is 1. The Hall–Kier alpha value is -2.34. The number of aliphatic hydroxyl groups is 1. The number of nitrogens with one attached hydrogen (secondary N) is 1. The Morgan fingerprint density at radius 2 is 1.84 bits per heavy atom. The molecular weight excluding hydrogens is 250 g/mol. The van der Waals surface area contributed by atoms with Crippen LogP contribution in [0.15, 0.2) is 35.5 Å². The van der Waals surface area contributed by atoms with Crippen LogP contribution < -0.4 is 10.1 Å². The average molecular weight is 265 g/mol. The maximum Gasteiger partial charge on any atom is 0.352 e. The minimum Gasteiger partial charge on any atom is -0.497 e. The zero-order valence-corrected chi connectivity index (χ0v) is 10.6. The van der Waals surface area contributed by atoms with E-state index in [-0.39, 0.29) is 16.8 Å². The van der Waals surface area contributed by atoms with Gasteiger partial charge in [-0.05, 0) is 24.3 Å². The number of carboxylic acid groups (broad SMARTS) is 1. The van der Waals surface area contributed by atoms with Crippen LogP contribution >= 0.6 is 0 Å². The quantitative estimate of drug-likeness (QED) is 0.510. The summed E-state index contributed by atoms with van der Waals surface area (Å²) < 4.78 is 4.96. The average Bonchev–Trinajstić information content (AvgIpc) is 2.43. The van der Waals surface area contributed by atoms with E-state index in [9.17, 15) is 14.7 Å². The van der Waals surface area contributed by atoms with Crippen LogP contribution in [0.1, 0.15) is 10.4 Å². The number of aliphatic hydroxyl groups excluding tert-OH is 1. The Balaban J connectivity index is 3.17. The van der Waals surface area contributed by atoms with Gasteiger partial charge in [0.2, 0.25) is 0 Å². The number of rotatable bonds is 6. The van der Waals surface area contributed by atoms with Crippen molar-refractivity contribution in [3.05, 3.63) is 41.1 Å². The number of ether oxygens (including phenoxy) is 1. The second-order valence-corrected chi connectivity index (χ2v) is 3.62. The van der Waals surface area contributed by atoms with Crippen molar-refractivity contribution in [3.63, 3.8) is 0 Å². The number of carbonyl (C=O) groups excluding carboxylic acids is 1. The summed E-state index contributed by atoms with van der Waals surface area (Å²) >= 11 is 0. The van der Waals surface area contributed by atoms with Gasteiger partial charge in [-0.2, -0.15) is 0 Å². The molecule has 0 aliphatic carbocycles. The molecule has 0 saturated heterocycles. The van der Waals surface area contributed by atoms with Crippen molar-refractivity contribution in [1.82, 2.24) is 5.32 Å². The first-order valence-electron chi connectivity index (χ1n) is 5.49. The van der Waals surface area contributed by atoms with Crippen molar-refractivity contribution in [2.75, 3.05) is 20.8 Å². The van der Waals surface area contributed by atoms with E-state index >= 15 is 0 Å². The van der Waals surface area contributed by atoms with Crippen LogP contribution in [0.25, 0.3) is 0 Å². The van der Waals surface area contributed by atoms with Gasteiger partial charge in [0, 0.05) is 12.6 Å². The van der Waals surface area contributed by atoms with Crippen LogP contribution in [0.4, 0.5) is 0 Å². The van der Waals surface area contributed by atoms with Crippen molar-refractivity contribution < 1.29 is 24.5 Å². The molecule has 0 saturated carbocycles. The van der Waals surface area contributed by atoms with Gasteiger partial charge in [-0.1, -0.05) is 0 Å². The molecule has 1 rings (SSSR count). The van der Waals surface area contributed by atoms with E-state index in [1.165, 1.54) is 26.3 Å². The number of aliphatic carboxylic acids is 1. The molecule has 1 aromatic carbocycles.